The summed E-state index contributed by atoms with van der Waals surface area (Å²) in [6, 6.07) is 0.387. The molecule has 0 aromatic heterocycles. The van der Waals surface area contributed by atoms with E-state index in [9.17, 15) is 4.79 Å². The molecule has 0 unspecified atom stereocenters. The number of carbonyl (C=O) groups excluding carboxylic acids is 1. The fourth-order valence-corrected chi connectivity index (χ4v) is 0.428. The lowest BCUT2D eigenvalue weighted by atomic mass is 10.3. The molecule has 3 nitrogen and oxygen atoms in total. The van der Waals surface area contributed by atoms with Crippen molar-refractivity contribution < 1.29 is 4.79 Å². The van der Waals surface area contributed by atoms with Gasteiger partial charge in [-0.05, 0) is 20.9 Å². The minimum absolute atomic E-state index is 0.272. The number of amides is 1. The maximum atomic E-state index is 10.3. The molecular formula is C6H14N2O. The fraction of sp³-hybridized carbons (Fsp3) is 0.833. The van der Waals surface area contributed by atoms with Gasteiger partial charge in [-0.2, -0.15) is 0 Å². The van der Waals surface area contributed by atoms with Gasteiger partial charge in [0.25, 0.3) is 0 Å². The molecule has 0 spiro atoms. The average molecular weight is 130 g/mol. The van der Waals surface area contributed by atoms with Gasteiger partial charge >= 0.3 is 0 Å². The van der Waals surface area contributed by atoms with E-state index >= 15 is 0 Å². The van der Waals surface area contributed by atoms with Gasteiger partial charge in [0.15, 0.2) is 0 Å². The number of nitrogens with zero attached hydrogens (tertiary/aromatic N) is 1. The van der Waals surface area contributed by atoms with Crippen molar-refractivity contribution in [2.24, 2.45) is 5.73 Å². The molecule has 0 saturated carbocycles. The maximum absolute atomic E-state index is 10.3. The molecule has 0 rings (SSSR count). The highest BCUT2D eigenvalue weighted by atomic mass is 16.1. The van der Waals surface area contributed by atoms with Crippen molar-refractivity contribution in [1.82, 2.24) is 4.90 Å². The quantitative estimate of drug-likeness (QED) is 0.575. The summed E-state index contributed by atoms with van der Waals surface area (Å²) in [4.78, 5) is 12.2. The Labute approximate surface area is 55.8 Å². The molecule has 0 bridgehead atoms. The van der Waals surface area contributed by atoms with Crippen LogP contribution in [0.4, 0.5) is 0 Å². The smallest absolute Gasteiger partial charge is 0.231 e. The van der Waals surface area contributed by atoms with Crippen LogP contribution in [0.1, 0.15) is 13.8 Å². The zero-order valence-corrected chi connectivity index (χ0v) is 6.22. The largest absolute Gasteiger partial charge is 0.369 e. The minimum Gasteiger partial charge on any atom is -0.369 e. The van der Waals surface area contributed by atoms with Gasteiger partial charge in [0.05, 0.1) is 6.54 Å². The molecule has 0 heterocycles. The molecule has 2 N–H and O–H groups in total. The summed E-state index contributed by atoms with van der Waals surface area (Å²) in [6.45, 7) is 4.38. The number of nitrogens with two attached hydrogens (primary N) is 1. The second-order valence-corrected chi connectivity index (χ2v) is 2.48. The van der Waals surface area contributed by atoms with Crippen LogP contribution < -0.4 is 5.73 Å². The van der Waals surface area contributed by atoms with Crippen molar-refractivity contribution in [3.63, 3.8) is 0 Å². The van der Waals surface area contributed by atoms with Gasteiger partial charge in [0.2, 0.25) is 5.91 Å². The first-order chi connectivity index (χ1) is 4.04. The molecule has 0 atom stereocenters. The van der Waals surface area contributed by atoms with Crippen molar-refractivity contribution in [3.8, 4) is 0 Å². The van der Waals surface area contributed by atoms with Crippen molar-refractivity contribution in [3.05, 3.63) is 0 Å². The van der Waals surface area contributed by atoms with E-state index in [1.54, 1.807) is 0 Å². The normalized spacial score (nSPS) is 10.8. The van der Waals surface area contributed by atoms with E-state index in [0.29, 0.717) is 12.6 Å². The van der Waals surface area contributed by atoms with Gasteiger partial charge in [-0.15, -0.1) is 0 Å². The Morgan fingerprint density at radius 3 is 2.22 bits per heavy atom. The minimum atomic E-state index is -0.272. The highest BCUT2D eigenvalue weighted by molar-refractivity contribution is 5.75. The first-order valence-corrected chi connectivity index (χ1v) is 3.02. The number of rotatable bonds is 3. The molecule has 0 aromatic rings. The third-order valence-corrected chi connectivity index (χ3v) is 1.29. The number of primary amides is 1. The van der Waals surface area contributed by atoms with Crippen LogP contribution >= 0.6 is 0 Å². The van der Waals surface area contributed by atoms with E-state index in [2.05, 4.69) is 0 Å². The Kier molecular flexibility index (Phi) is 3.24. The lowest BCUT2D eigenvalue weighted by molar-refractivity contribution is -0.119. The summed E-state index contributed by atoms with van der Waals surface area (Å²) in [5.74, 6) is -0.272. The number of carbonyl (C=O) groups is 1. The van der Waals surface area contributed by atoms with Gasteiger partial charge in [-0.3, -0.25) is 9.69 Å². The Morgan fingerprint density at radius 1 is 1.67 bits per heavy atom. The Morgan fingerprint density at radius 2 is 2.11 bits per heavy atom. The monoisotopic (exact) mass is 130 g/mol. The highest BCUT2D eigenvalue weighted by Crippen LogP contribution is 1.90. The lowest BCUT2D eigenvalue weighted by Gasteiger charge is -2.18. The van der Waals surface area contributed by atoms with Crippen LogP contribution in [-0.4, -0.2) is 30.4 Å². The first kappa shape index (κ1) is 8.43. The molecule has 1 amide bonds. The first-order valence-electron chi connectivity index (χ1n) is 3.02. The van der Waals surface area contributed by atoms with Gasteiger partial charge in [0, 0.05) is 6.04 Å². The topological polar surface area (TPSA) is 46.3 Å². The van der Waals surface area contributed by atoms with Crippen LogP contribution in [0.15, 0.2) is 0 Å². The number of hydrogen-bond acceptors (Lipinski definition) is 2. The van der Waals surface area contributed by atoms with Crippen LogP contribution in [0, 0.1) is 0 Å². The van der Waals surface area contributed by atoms with Crippen LogP contribution in [0.3, 0.4) is 0 Å². The molecule has 0 aliphatic rings. The van der Waals surface area contributed by atoms with E-state index in [1.807, 2.05) is 25.8 Å². The number of likely N-dealkylation sites (N-methyl/N-ethyl adjacent to an activating group) is 1. The Balaban J connectivity index is 3.50. The van der Waals surface area contributed by atoms with Gasteiger partial charge in [0.1, 0.15) is 0 Å². The average Bonchev–Trinajstić information content (AvgIpc) is 1.63. The second kappa shape index (κ2) is 3.45. The summed E-state index contributed by atoms with van der Waals surface area (Å²) in [7, 11) is 1.87. The Hall–Kier alpha value is -0.570. The standard InChI is InChI=1S/C6H14N2O/c1-5(2)8(3)4-6(7)9/h5H,4H2,1-3H3,(H2,7,9). The molecule has 0 fully saturated rings. The summed E-state index contributed by atoms with van der Waals surface area (Å²) >= 11 is 0. The third kappa shape index (κ3) is 3.97. The number of hydrogen-bond donors (Lipinski definition) is 1. The lowest BCUT2D eigenvalue weighted by Crippen LogP contribution is -2.35. The molecule has 9 heavy (non-hydrogen) atoms. The fourth-order valence-electron chi connectivity index (χ4n) is 0.428. The summed E-state index contributed by atoms with van der Waals surface area (Å²) in [5.41, 5.74) is 4.95. The van der Waals surface area contributed by atoms with E-state index in [-0.39, 0.29) is 5.91 Å². The van der Waals surface area contributed by atoms with Gasteiger partial charge in [-0.25, -0.2) is 0 Å². The molecule has 0 saturated heterocycles. The van der Waals surface area contributed by atoms with Gasteiger partial charge < -0.3 is 5.73 Å². The van der Waals surface area contributed by atoms with Crippen LogP contribution in [0.2, 0.25) is 0 Å². The van der Waals surface area contributed by atoms with E-state index in [0.717, 1.165) is 0 Å². The SMILES string of the molecule is CC(C)N(C)CC(N)=O. The second-order valence-electron chi connectivity index (χ2n) is 2.48. The van der Waals surface area contributed by atoms with Crippen LogP contribution in [0.5, 0.6) is 0 Å². The van der Waals surface area contributed by atoms with Crippen molar-refractivity contribution in [1.29, 1.82) is 0 Å². The Bertz CT molecular complexity index is 101. The van der Waals surface area contributed by atoms with Crippen LogP contribution in [0.25, 0.3) is 0 Å². The van der Waals surface area contributed by atoms with E-state index in [4.69, 9.17) is 5.73 Å². The van der Waals surface area contributed by atoms with Gasteiger partial charge in [-0.1, -0.05) is 0 Å². The zero-order valence-electron chi connectivity index (χ0n) is 6.22. The molecule has 0 aliphatic carbocycles. The summed E-state index contributed by atoms with van der Waals surface area (Å²) in [6.07, 6.45) is 0. The zero-order chi connectivity index (χ0) is 7.44. The summed E-state index contributed by atoms with van der Waals surface area (Å²) < 4.78 is 0. The highest BCUT2D eigenvalue weighted by Gasteiger charge is 2.04. The maximum Gasteiger partial charge on any atom is 0.231 e. The predicted molar refractivity (Wildman–Crippen MR) is 37.0 cm³/mol. The van der Waals surface area contributed by atoms with Crippen molar-refractivity contribution in [2.45, 2.75) is 19.9 Å². The molecule has 3 heteroatoms. The summed E-state index contributed by atoms with van der Waals surface area (Å²) in [5, 5.41) is 0. The third-order valence-electron chi connectivity index (χ3n) is 1.29. The molecule has 54 valence electrons. The predicted octanol–water partition coefficient (Wildman–Crippen LogP) is -0.188. The van der Waals surface area contributed by atoms with Crippen molar-refractivity contribution in [2.75, 3.05) is 13.6 Å². The molecule has 0 radical (unpaired) electrons. The molecule has 0 aromatic carbocycles. The van der Waals surface area contributed by atoms with E-state index < -0.39 is 0 Å². The van der Waals surface area contributed by atoms with E-state index in [1.165, 1.54) is 0 Å². The molecular weight excluding hydrogens is 116 g/mol. The molecule has 0 aliphatic heterocycles. The van der Waals surface area contributed by atoms with Crippen molar-refractivity contribution >= 4 is 5.91 Å². The van der Waals surface area contributed by atoms with Crippen LogP contribution in [-0.2, 0) is 4.79 Å².